The van der Waals surface area contributed by atoms with Crippen LogP contribution in [-0.2, 0) is 9.47 Å². The molecule has 1 spiro atoms. The van der Waals surface area contributed by atoms with E-state index in [2.05, 4.69) is 0 Å². The van der Waals surface area contributed by atoms with Crippen LogP contribution in [-0.4, -0.2) is 53.1 Å². The number of ether oxygens (including phenoxy) is 2. The SMILES string of the molecule is CC(C)(C)OC(=O)N1CCC12COCC(O)C2. The molecule has 2 saturated heterocycles. The summed E-state index contributed by atoms with van der Waals surface area (Å²) in [5, 5.41) is 9.64. The Bertz CT molecular complexity index is 312. The normalized spacial score (nSPS) is 33.4. The predicted molar refractivity (Wildman–Crippen MR) is 61.7 cm³/mol. The highest BCUT2D eigenvalue weighted by Crippen LogP contribution is 2.38. The molecule has 0 aromatic rings. The molecule has 5 heteroatoms. The second-order valence-corrected chi connectivity index (χ2v) is 5.98. The van der Waals surface area contributed by atoms with E-state index in [1.165, 1.54) is 0 Å². The Morgan fingerprint density at radius 1 is 1.53 bits per heavy atom. The van der Waals surface area contributed by atoms with Gasteiger partial charge in [0.05, 0.1) is 24.9 Å². The molecule has 1 N–H and O–H groups in total. The Labute approximate surface area is 102 Å². The maximum atomic E-state index is 12.0. The van der Waals surface area contributed by atoms with E-state index in [0.29, 0.717) is 26.2 Å². The highest BCUT2D eigenvalue weighted by molar-refractivity contribution is 5.70. The molecule has 2 aliphatic heterocycles. The second kappa shape index (κ2) is 4.14. The molecule has 2 unspecified atom stereocenters. The molecule has 2 atom stereocenters. The molecule has 2 rings (SSSR count). The monoisotopic (exact) mass is 243 g/mol. The van der Waals surface area contributed by atoms with E-state index < -0.39 is 11.7 Å². The molecule has 2 heterocycles. The van der Waals surface area contributed by atoms with Crippen molar-refractivity contribution in [1.82, 2.24) is 4.90 Å². The molecule has 0 aliphatic carbocycles. The lowest BCUT2D eigenvalue weighted by Crippen LogP contribution is -2.68. The number of amides is 1. The minimum absolute atomic E-state index is 0.304. The van der Waals surface area contributed by atoms with Crippen LogP contribution in [0.5, 0.6) is 0 Å². The number of aliphatic hydroxyl groups is 1. The van der Waals surface area contributed by atoms with E-state index in [1.54, 1.807) is 4.90 Å². The maximum absolute atomic E-state index is 12.0. The molecule has 2 aliphatic rings. The Morgan fingerprint density at radius 2 is 2.24 bits per heavy atom. The van der Waals surface area contributed by atoms with E-state index in [4.69, 9.17) is 9.47 Å². The van der Waals surface area contributed by atoms with Crippen molar-refractivity contribution in [2.75, 3.05) is 19.8 Å². The molecule has 0 aromatic heterocycles. The zero-order chi connectivity index (χ0) is 12.7. The molecule has 2 fully saturated rings. The molecule has 17 heavy (non-hydrogen) atoms. The van der Waals surface area contributed by atoms with Crippen LogP contribution in [0.4, 0.5) is 4.79 Å². The van der Waals surface area contributed by atoms with Gasteiger partial charge in [0.2, 0.25) is 0 Å². The molecule has 5 nitrogen and oxygen atoms in total. The summed E-state index contributed by atoms with van der Waals surface area (Å²) in [5.41, 5.74) is -0.817. The smallest absolute Gasteiger partial charge is 0.410 e. The van der Waals surface area contributed by atoms with E-state index in [-0.39, 0.29) is 11.6 Å². The van der Waals surface area contributed by atoms with Crippen LogP contribution in [0.2, 0.25) is 0 Å². The van der Waals surface area contributed by atoms with Crippen molar-refractivity contribution in [3.8, 4) is 0 Å². The number of aliphatic hydroxyl groups excluding tert-OH is 1. The average molecular weight is 243 g/mol. The summed E-state index contributed by atoms with van der Waals surface area (Å²) < 4.78 is 10.7. The molecule has 0 saturated carbocycles. The van der Waals surface area contributed by atoms with Gasteiger partial charge in [-0.05, 0) is 27.2 Å². The summed E-state index contributed by atoms with van der Waals surface area (Å²) in [5.74, 6) is 0. The zero-order valence-electron chi connectivity index (χ0n) is 10.7. The third kappa shape index (κ3) is 2.55. The largest absolute Gasteiger partial charge is 0.444 e. The molecule has 98 valence electrons. The van der Waals surface area contributed by atoms with Crippen molar-refractivity contribution in [1.29, 1.82) is 0 Å². The minimum atomic E-state index is -0.484. The Balaban J connectivity index is 2.00. The zero-order valence-corrected chi connectivity index (χ0v) is 10.7. The van der Waals surface area contributed by atoms with Gasteiger partial charge in [0.15, 0.2) is 0 Å². The molecular formula is C12H21NO4. The number of likely N-dealkylation sites (tertiary alicyclic amines) is 1. The number of carbonyl (C=O) groups excluding carboxylic acids is 1. The third-order valence-corrected chi connectivity index (χ3v) is 3.28. The van der Waals surface area contributed by atoms with Crippen LogP contribution >= 0.6 is 0 Å². The predicted octanol–water partition coefficient (Wildman–Crippen LogP) is 1.15. The van der Waals surface area contributed by atoms with Crippen molar-refractivity contribution in [3.63, 3.8) is 0 Å². The van der Waals surface area contributed by atoms with Crippen LogP contribution in [0.1, 0.15) is 33.6 Å². The highest BCUT2D eigenvalue weighted by atomic mass is 16.6. The van der Waals surface area contributed by atoms with E-state index >= 15 is 0 Å². The van der Waals surface area contributed by atoms with Crippen LogP contribution in [0.15, 0.2) is 0 Å². The van der Waals surface area contributed by atoms with E-state index in [9.17, 15) is 9.90 Å². The summed E-state index contributed by atoms with van der Waals surface area (Å²) >= 11 is 0. The van der Waals surface area contributed by atoms with Crippen molar-refractivity contribution >= 4 is 6.09 Å². The van der Waals surface area contributed by atoms with Crippen LogP contribution < -0.4 is 0 Å². The lowest BCUT2D eigenvalue weighted by molar-refractivity contribution is -0.141. The fourth-order valence-electron chi connectivity index (χ4n) is 2.45. The molecule has 0 bridgehead atoms. The summed E-state index contributed by atoms with van der Waals surface area (Å²) in [7, 11) is 0. The first-order chi connectivity index (χ1) is 7.82. The van der Waals surface area contributed by atoms with Gasteiger partial charge in [-0.25, -0.2) is 4.79 Å². The van der Waals surface area contributed by atoms with Crippen LogP contribution in [0.25, 0.3) is 0 Å². The number of hydrogen-bond donors (Lipinski definition) is 1. The van der Waals surface area contributed by atoms with Crippen LogP contribution in [0.3, 0.4) is 0 Å². The maximum Gasteiger partial charge on any atom is 0.410 e. The number of rotatable bonds is 0. The fourth-order valence-corrected chi connectivity index (χ4v) is 2.45. The lowest BCUT2D eigenvalue weighted by atomic mass is 9.79. The van der Waals surface area contributed by atoms with Crippen molar-refractivity contribution < 1.29 is 19.4 Å². The first-order valence-electron chi connectivity index (χ1n) is 6.09. The minimum Gasteiger partial charge on any atom is -0.444 e. The number of hydrogen-bond acceptors (Lipinski definition) is 4. The molecule has 1 amide bonds. The number of carbonyl (C=O) groups is 1. The Kier molecular flexibility index (Phi) is 3.08. The fraction of sp³-hybridized carbons (Fsp3) is 0.917. The van der Waals surface area contributed by atoms with Gasteiger partial charge < -0.3 is 14.6 Å². The van der Waals surface area contributed by atoms with Gasteiger partial charge in [0.25, 0.3) is 0 Å². The second-order valence-electron chi connectivity index (χ2n) is 5.98. The summed E-state index contributed by atoms with van der Waals surface area (Å²) in [6, 6.07) is 0. The third-order valence-electron chi connectivity index (χ3n) is 3.28. The quantitative estimate of drug-likeness (QED) is 0.693. The molecular weight excluding hydrogens is 222 g/mol. The van der Waals surface area contributed by atoms with E-state index in [0.717, 1.165) is 6.42 Å². The van der Waals surface area contributed by atoms with Crippen molar-refractivity contribution in [2.45, 2.75) is 50.9 Å². The topological polar surface area (TPSA) is 59.0 Å². The summed E-state index contributed by atoms with van der Waals surface area (Å²) in [4.78, 5) is 13.7. The lowest BCUT2D eigenvalue weighted by Gasteiger charge is -2.54. The van der Waals surface area contributed by atoms with Gasteiger partial charge >= 0.3 is 6.09 Å². The van der Waals surface area contributed by atoms with Gasteiger partial charge in [-0.3, -0.25) is 4.90 Å². The average Bonchev–Trinajstić information content (AvgIpc) is 2.12. The first kappa shape index (κ1) is 12.6. The molecule has 0 aromatic carbocycles. The van der Waals surface area contributed by atoms with Gasteiger partial charge in [-0.2, -0.15) is 0 Å². The summed E-state index contributed by atoms with van der Waals surface area (Å²) in [6.07, 6.45) is 0.686. The number of nitrogens with zero attached hydrogens (tertiary/aromatic N) is 1. The Morgan fingerprint density at radius 3 is 2.71 bits per heavy atom. The van der Waals surface area contributed by atoms with Gasteiger partial charge in [0, 0.05) is 13.0 Å². The van der Waals surface area contributed by atoms with E-state index in [1.807, 2.05) is 20.8 Å². The Hall–Kier alpha value is -0.810. The van der Waals surface area contributed by atoms with Crippen LogP contribution in [0, 0.1) is 0 Å². The van der Waals surface area contributed by atoms with Crippen molar-refractivity contribution in [3.05, 3.63) is 0 Å². The standard InChI is InChI=1S/C12H21NO4/c1-11(2,3)17-10(15)13-5-4-12(13)6-9(14)7-16-8-12/h9,14H,4-8H2,1-3H3. The summed E-state index contributed by atoms with van der Waals surface area (Å²) in [6.45, 7) is 7.11. The van der Waals surface area contributed by atoms with Gasteiger partial charge in [-0.15, -0.1) is 0 Å². The highest BCUT2D eigenvalue weighted by Gasteiger charge is 2.51. The van der Waals surface area contributed by atoms with Crippen molar-refractivity contribution in [2.24, 2.45) is 0 Å². The first-order valence-corrected chi connectivity index (χ1v) is 6.09. The van der Waals surface area contributed by atoms with Gasteiger partial charge in [-0.1, -0.05) is 0 Å². The molecule has 0 radical (unpaired) electrons. The van der Waals surface area contributed by atoms with Gasteiger partial charge in [0.1, 0.15) is 5.60 Å².